The third kappa shape index (κ3) is 10.0. The highest BCUT2D eigenvalue weighted by Crippen LogP contribution is 2.21. The molecule has 0 aliphatic carbocycles. The molecule has 0 fully saturated rings. The van der Waals surface area contributed by atoms with Gasteiger partial charge in [-0.05, 0) is 54.7 Å². The van der Waals surface area contributed by atoms with Crippen LogP contribution in [0.2, 0.25) is 0 Å². The molecule has 1 atom stereocenters. The van der Waals surface area contributed by atoms with Crippen molar-refractivity contribution in [1.29, 1.82) is 0 Å². The summed E-state index contributed by atoms with van der Waals surface area (Å²) in [6.45, 7) is 6.76. The van der Waals surface area contributed by atoms with Crippen molar-refractivity contribution < 1.29 is 22.4 Å². The van der Waals surface area contributed by atoms with Crippen LogP contribution in [0.4, 0.5) is 10.1 Å². The van der Waals surface area contributed by atoms with Crippen molar-refractivity contribution in [3.05, 3.63) is 101 Å². The lowest BCUT2D eigenvalue weighted by molar-refractivity contribution is -0.141. The van der Waals surface area contributed by atoms with E-state index in [1.54, 1.807) is 4.90 Å². The summed E-state index contributed by atoms with van der Waals surface area (Å²) >= 11 is 0. The molecule has 0 aliphatic heterocycles. The largest absolute Gasteiger partial charge is 0.354 e. The molecule has 0 aliphatic rings. The summed E-state index contributed by atoms with van der Waals surface area (Å²) < 4.78 is 39.6. The second-order valence-corrected chi connectivity index (χ2v) is 12.7. The van der Waals surface area contributed by atoms with Gasteiger partial charge in [0, 0.05) is 32.5 Å². The predicted octanol–water partition coefficient (Wildman–Crippen LogP) is 5.09. The predicted molar refractivity (Wildman–Crippen MR) is 161 cm³/mol. The lowest BCUT2D eigenvalue weighted by Gasteiger charge is -2.32. The third-order valence-electron chi connectivity index (χ3n) is 6.66. The lowest BCUT2D eigenvalue weighted by atomic mass is 10.0. The van der Waals surface area contributed by atoms with E-state index in [1.807, 2.05) is 75.4 Å². The van der Waals surface area contributed by atoms with Gasteiger partial charge in [-0.15, -0.1) is 0 Å². The van der Waals surface area contributed by atoms with Gasteiger partial charge in [0.25, 0.3) is 0 Å². The molecule has 0 aromatic heterocycles. The van der Waals surface area contributed by atoms with Crippen molar-refractivity contribution in [2.45, 2.75) is 52.6 Å². The number of amides is 2. The molecule has 0 radical (unpaired) electrons. The first-order valence-corrected chi connectivity index (χ1v) is 15.7. The topological polar surface area (TPSA) is 86.8 Å². The van der Waals surface area contributed by atoms with E-state index < -0.39 is 21.9 Å². The minimum Gasteiger partial charge on any atom is -0.354 e. The normalized spacial score (nSPS) is 12.1. The minimum absolute atomic E-state index is 0.0295. The molecule has 0 unspecified atom stereocenters. The summed E-state index contributed by atoms with van der Waals surface area (Å²) in [5.41, 5.74) is 3.20. The molecular formula is C32H40FN3O4S. The highest BCUT2D eigenvalue weighted by Gasteiger charge is 2.30. The highest BCUT2D eigenvalue weighted by atomic mass is 32.2. The molecule has 9 heteroatoms. The molecular weight excluding hydrogens is 541 g/mol. The van der Waals surface area contributed by atoms with Crippen molar-refractivity contribution in [3.8, 4) is 0 Å². The zero-order valence-electron chi connectivity index (χ0n) is 24.2. The number of carbonyl (C=O) groups excluding carboxylic acids is 2. The number of nitrogens with one attached hydrogen (secondary N) is 1. The summed E-state index contributed by atoms with van der Waals surface area (Å²) in [6.07, 6.45) is 1.67. The van der Waals surface area contributed by atoms with E-state index >= 15 is 0 Å². The van der Waals surface area contributed by atoms with E-state index in [2.05, 4.69) is 5.32 Å². The Kier molecular flexibility index (Phi) is 11.5. The molecule has 3 rings (SSSR count). The fourth-order valence-electron chi connectivity index (χ4n) is 4.59. The van der Waals surface area contributed by atoms with Gasteiger partial charge in [-0.1, -0.05) is 74.0 Å². The van der Waals surface area contributed by atoms with E-state index in [1.165, 1.54) is 28.6 Å². The first-order valence-electron chi connectivity index (χ1n) is 13.8. The van der Waals surface area contributed by atoms with Crippen LogP contribution in [0.3, 0.4) is 0 Å². The number of carbonyl (C=O) groups is 2. The summed E-state index contributed by atoms with van der Waals surface area (Å²) in [6, 6.07) is 21.8. The third-order valence-corrected chi connectivity index (χ3v) is 7.85. The number of rotatable bonds is 14. The van der Waals surface area contributed by atoms with Gasteiger partial charge in [-0.3, -0.25) is 13.9 Å². The van der Waals surface area contributed by atoms with Crippen LogP contribution in [0, 0.1) is 18.7 Å². The second kappa shape index (κ2) is 14.8. The van der Waals surface area contributed by atoms with Crippen LogP contribution in [0.1, 0.15) is 43.4 Å². The standard InChI is InChI=1S/C32H40FN3O4S/c1-24(2)22-34-32(38)30(21-26-11-6-5-7-12-26)35(23-27-13-8-10-25(3)20-27)31(37)14-9-19-36(41(4,39)40)29-17-15-28(33)16-18-29/h5-8,10-13,15-18,20,24,30H,9,14,19,21-23H2,1-4H3,(H,34,38)/t30-/m0/s1. The quantitative estimate of drug-likeness (QED) is 0.287. The smallest absolute Gasteiger partial charge is 0.243 e. The van der Waals surface area contributed by atoms with E-state index in [-0.39, 0.29) is 43.7 Å². The van der Waals surface area contributed by atoms with Gasteiger partial charge in [-0.2, -0.15) is 0 Å². The van der Waals surface area contributed by atoms with Crippen molar-refractivity contribution in [2.24, 2.45) is 5.92 Å². The van der Waals surface area contributed by atoms with Crippen molar-refractivity contribution >= 4 is 27.5 Å². The summed E-state index contributed by atoms with van der Waals surface area (Å²) in [4.78, 5) is 29.0. The maximum Gasteiger partial charge on any atom is 0.243 e. The molecule has 0 heterocycles. The van der Waals surface area contributed by atoms with Gasteiger partial charge >= 0.3 is 0 Å². The molecule has 0 saturated carbocycles. The number of benzene rings is 3. The fourth-order valence-corrected chi connectivity index (χ4v) is 5.56. The zero-order chi connectivity index (χ0) is 30.0. The van der Waals surface area contributed by atoms with Crippen LogP contribution in [0.25, 0.3) is 0 Å². The molecule has 41 heavy (non-hydrogen) atoms. The fraction of sp³-hybridized carbons (Fsp3) is 0.375. The molecule has 220 valence electrons. The van der Waals surface area contributed by atoms with Gasteiger partial charge in [0.05, 0.1) is 11.9 Å². The average molecular weight is 582 g/mol. The van der Waals surface area contributed by atoms with E-state index in [9.17, 15) is 22.4 Å². The lowest BCUT2D eigenvalue weighted by Crippen LogP contribution is -2.51. The number of nitrogens with zero attached hydrogens (tertiary/aromatic N) is 2. The van der Waals surface area contributed by atoms with Gasteiger partial charge in [0.2, 0.25) is 21.8 Å². The number of hydrogen-bond donors (Lipinski definition) is 1. The van der Waals surface area contributed by atoms with Crippen LogP contribution < -0.4 is 9.62 Å². The molecule has 0 saturated heterocycles. The Bertz CT molecular complexity index is 1400. The van der Waals surface area contributed by atoms with Gasteiger partial charge in [0.1, 0.15) is 11.9 Å². The first-order chi connectivity index (χ1) is 19.4. The minimum atomic E-state index is -3.67. The Morgan fingerprint density at radius 2 is 1.59 bits per heavy atom. The van der Waals surface area contributed by atoms with Crippen LogP contribution in [0.5, 0.6) is 0 Å². The van der Waals surface area contributed by atoms with Crippen LogP contribution in [-0.2, 0) is 32.6 Å². The Labute approximate surface area is 243 Å². The molecule has 0 spiro atoms. The maximum atomic E-state index is 13.8. The maximum absolute atomic E-state index is 13.8. The number of sulfonamides is 1. The van der Waals surface area contributed by atoms with Crippen molar-refractivity contribution in [2.75, 3.05) is 23.7 Å². The molecule has 7 nitrogen and oxygen atoms in total. The first kappa shape index (κ1) is 31.8. The number of hydrogen-bond acceptors (Lipinski definition) is 4. The van der Waals surface area contributed by atoms with Gasteiger partial charge in [0.15, 0.2) is 0 Å². The van der Waals surface area contributed by atoms with Crippen LogP contribution >= 0.6 is 0 Å². The number of aryl methyl sites for hydroxylation is 1. The Morgan fingerprint density at radius 1 is 0.927 bits per heavy atom. The zero-order valence-corrected chi connectivity index (χ0v) is 25.0. The van der Waals surface area contributed by atoms with Crippen molar-refractivity contribution in [3.63, 3.8) is 0 Å². The summed E-state index contributed by atoms with van der Waals surface area (Å²) in [5.74, 6) is -0.706. The van der Waals surface area contributed by atoms with E-state index in [4.69, 9.17) is 0 Å². The Balaban J connectivity index is 1.87. The Hall–Kier alpha value is -3.72. The molecule has 3 aromatic carbocycles. The van der Waals surface area contributed by atoms with Gasteiger partial charge in [-0.25, -0.2) is 12.8 Å². The van der Waals surface area contributed by atoms with E-state index in [0.717, 1.165) is 22.9 Å². The van der Waals surface area contributed by atoms with E-state index in [0.29, 0.717) is 18.7 Å². The molecule has 2 amide bonds. The molecule has 1 N–H and O–H groups in total. The SMILES string of the molecule is Cc1cccc(CN(C(=O)CCCN(c2ccc(F)cc2)S(C)(=O)=O)[C@@H](Cc2ccccc2)C(=O)NCC(C)C)c1. The summed E-state index contributed by atoms with van der Waals surface area (Å²) in [7, 11) is -3.67. The van der Waals surface area contributed by atoms with Gasteiger partial charge < -0.3 is 10.2 Å². The van der Waals surface area contributed by atoms with Crippen LogP contribution in [0.15, 0.2) is 78.9 Å². The van der Waals surface area contributed by atoms with Crippen LogP contribution in [-0.4, -0.2) is 50.5 Å². The second-order valence-electron chi connectivity index (χ2n) is 10.8. The highest BCUT2D eigenvalue weighted by molar-refractivity contribution is 7.92. The summed E-state index contributed by atoms with van der Waals surface area (Å²) in [5, 5.41) is 3.00. The number of halogens is 1. The van der Waals surface area contributed by atoms with Crippen molar-refractivity contribution in [1.82, 2.24) is 10.2 Å². The monoisotopic (exact) mass is 581 g/mol. The Morgan fingerprint density at radius 3 is 2.20 bits per heavy atom. The molecule has 0 bridgehead atoms. The molecule has 3 aromatic rings. The average Bonchev–Trinajstić information content (AvgIpc) is 2.92. The number of anilines is 1.